The number of carbonyl (C=O) groups excluding carboxylic acids is 1. The molecular weight excluding hydrogens is 280 g/mol. The van der Waals surface area contributed by atoms with Gasteiger partial charge in [0.1, 0.15) is 0 Å². The minimum atomic E-state index is 0.0376. The van der Waals surface area contributed by atoms with Crippen LogP contribution in [0.4, 0.5) is 0 Å². The molecule has 0 amide bonds. The molecule has 0 saturated heterocycles. The van der Waals surface area contributed by atoms with E-state index in [4.69, 9.17) is 11.6 Å². The maximum absolute atomic E-state index is 12.5. The molecule has 2 heteroatoms. The molecule has 0 fully saturated rings. The molecule has 0 aromatic heterocycles. The Labute approximate surface area is 132 Å². The Morgan fingerprint density at radius 3 is 2.14 bits per heavy atom. The van der Waals surface area contributed by atoms with Crippen molar-refractivity contribution in [1.82, 2.24) is 0 Å². The third kappa shape index (κ3) is 3.36. The lowest BCUT2D eigenvalue weighted by atomic mass is 9.82. The molecular formula is C19H21ClO. The Kier molecular flexibility index (Phi) is 4.53. The van der Waals surface area contributed by atoms with E-state index in [0.717, 1.165) is 12.0 Å². The van der Waals surface area contributed by atoms with Crippen molar-refractivity contribution >= 4 is 17.4 Å². The van der Waals surface area contributed by atoms with Crippen LogP contribution in [0.15, 0.2) is 42.5 Å². The molecule has 0 bridgehead atoms. The highest BCUT2D eigenvalue weighted by Crippen LogP contribution is 2.27. The zero-order valence-electron chi connectivity index (χ0n) is 13.0. The molecule has 110 valence electrons. The maximum atomic E-state index is 12.5. The van der Waals surface area contributed by atoms with Gasteiger partial charge in [-0.3, -0.25) is 4.79 Å². The summed E-state index contributed by atoms with van der Waals surface area (Å²) >= 11 is 6.01. The summed E-state index contributed by atoms with van der Waals surface area (Å²) in [6.45, 7) is 8.51. The first-order valence-corrected chi connectivity index (χ1v) is 7.64. The lowest BCUT2D eigenvalue weighted by Gasteiger charge is -2.23. The van der Waals surface area contributed by atoms with E-state index >= 15 is 0 Å². The highest BCUT2D eigenvalue weighted by Gasteiger charge is 2.18. The van der Waals surface area contributed by atoms with Gasteiger partial charge in [-0.2, -0.15) is 0 Å². The number of carbonyl (C=O) groups is 1. The Bertz CT molecular complexity index is 654. The minimum Gasteiger partial charge on any atom is -0.289 e. The number of rotatable bonds is 4. The fraction of sp³-hybridized carbons (Fsp3) is 0.316. The summed E-state index contributed by atoms with van der Waals surface area (Å²) < 4.78 is 0. The van der Waals surface area contributed by atoms with Crippen molar-refractivity contribution < 1.29 is 4.79 Å². The molecule has 0 radical (unpaired) electrons. The summed E-state index contributed by atoms with van der Waals surface area (Å²) in [6.07, 6.45) is 1.07. The van der Waals surface area contributed by atoms with Crippen LogP contribution in [-0.2, 0) is 5.41 Å². The first-order chi connectivity index (χ1) is 9.85. The first kappa shape index (κ1) is 15.8. The van der Waals surface area contributed by atoms with Crippen molar-refractivity contribution in [3.05, 3.63) is 69.7 Å². The molecule has 0 heterocycles. The molecule has 2 aromatic rings. The van der Waals surface area contributed by atoms with E-state index in [1.165, 1.54) is 5.56 Å². The third-order valence-electron chi connectivity index (χ3n) is 4.23. The van der Waals surface area contributed by atoms with Crippen molar-refractivity contribution in [1.29, 1.82) is 0 Å². The first-order valence-electron chi connectivity index (χ1n) is 7.26. The molecule has 0 aliphatic rings. The van der Waals surface area contributed by atoms with Crippen LogP contribution in [0.1, 0.15) is 54.2 Å². The van der Waals surface area contributed by atoms with Gasteiger partial charge in [-0.25, -0.2) is 0 Å². The normalized spacial score (nSPS) is 11.5. The van der Waals surface area contributed by atoms with E-state index in [-0.39, 0.29) is 11.2 Å². The van der Waals surface area contributed by atoms with Crippen molar-refractivity contribution in [2.45, 2.75) is 39.5 Å². The molecule has 0 unspecified atom stereocenters. The maximum Gasteiger partial charge on any atom is 0.193 e. The number of aryl methyl sites for hydroxylation is 1. The standard InChI is InChI=1S/C19H21ClO/c1-5-19(3,4)16-9-6-14(7-10-16)18(21)15-8-11-17(20)13(2)12-15/h6-12H,5H2,1-4H3. The predicted octanol–water partition coefficient (Wildman–Crippen LogP) is 5.57. The van der Waals surface area contributed by atoms with E-state index in [1.54, 1.807) is 12.1 Å². The summed E-state index contributed by atoms with van der Waals surface area (Å²) in [4.78, 5) is 12.5. The van der Waals surface area contributed by atoms with Crippen LogP contribution in [0.3, 0.4) is 0 Å². The van der Waals surface area contributed by atoms with Crippen molar-refractivity contribution in [3.63, 3.8) is 0 Å². The highest BCUT2D eigenvalue weighted by atomic mass is 35.5. The summed E-state index contributed by atoms with van der Waals surface area (Å²) in [5, 5.41) is 0.687. The van der Waals surface area contributed by atoms with E-state index in [2.05, 4.69) is 32.9 Å². The fourth-order valence-corrected chi connectivity index (χ4v) is 2.35. The zero-order chi connectivity index (χ0) is 15.6. The summed E-state index contributed by atoms with van der Waals surface area (Å²) in [7, 11) is 0. The van der Waals surface area contributed by atoms with E-state index < -0.39 is 0 Å². The van der Waals surface area contributed by atoms with Crippen LogP contribution in [0.5, 0.6) is 0 Å². The van der Waals surface area contributed by atoms with E-state index in [1.807, 2.05) is 25.1 Å². The van der Waals surface area contributed by atoms with Crippen LogP contribution in [0.2, 0.25) is 5.02 Å². The zero-order valence-corrected chi connectivity index (χ0v) is 13.8. The monoisotopic (exact) mass is 300 g/mol. The van der Waals surface area contributed by atoms with E-state index in [0.29, 0.717) is 16.1 Å². The van der Waals surface area contributed by atoms with Gasteiger partial charge in [-0.15, -0.1) is 0 Å². The predicted molar refractivity (Wildman–Crippen MR) is 89.4 cm³/mol. The van der Waals surface area contributed by atoms with Crippen LogP contribution < -0.4 is 0 Å². The molecule has 0 spiro atoms. The average molecular weight is 301 g/mol. The van der Waals surface area contributed by atoms with Crippen molar-refractivity contribution in [2.24, 2.45) is 0 Å². The van der Waals surface area contributed by atoms with Gasteiger partial charge < -0.3 is 0 Å². The minimum absolute atomic E-state index is 0.0376. The highest BCUT2D eigenvalue weighted by molar-refractivity contribution is 6.31. The molecule has 21 heavy (non-hydrogen) atoms. The topological polar surface area (TPSA) is 17.1 Å². The number of halogens is 1. The second-order valence-electron chi connectivity index (χ2n) is 6.11. The summed E-state index contributed by atoms with van der Waals surface area (Å²) in [6, 6.07) is 13.3. The molecule has 0 aliphatic carbocycles. The van der Waals surface area contributed by atoms with Crippen LogP contribution in [0.25, 0.3) is 0 Å². The fourth-order valence-electron chi connectivity index (χ4n) is 2.23. The molecule has 0 N–H and O–H groups in total. The van der Waals surface area contributed by atoms with Gasteiger partial charge in [-0.05, 0) is 48.1 Å². The van der Waals surface area contributed by atoms with Gasteiger partial charge in [0.05, 0.1) is 0 Å². The van der Waals surface area contributed by atoms with Gasteiger partial charge in [0.25, 0.3) is 0 Å². The van der Waals surface area contributed by atoms with Crippen LogP contribution in [0, 0.1) is 6.92 Å². The second-order valence-corrected chi connectivity index (χ2v) is 6.52. The van der Waals surface area contributed by atoms with Gasteiger partial charge in [0.15, 0.2) is 5.78 Å². The smallest absolute Gasteiger partial charge is 0.193 e. The van der Waals surface area contributed by atoms with Crippen molar-refractivity contribution in [3.8, 4) is 0 Å². The summed E-state index contributed by atoms with van der Waals surface area (Å²) in [5.41, 5.74) is 3.71. The lowest BCUT2D eigenvalue weighted by Crippen LogP contribution is -2.15. The third-order valence-corrected chi connectivity index (χ3v) is 4.66. The second kappa shape index (κ2) is 6.03. The molecule has 0 atom stereocenters. The van der Waals surface area contributed by atoms with E-state index in [9.17, 15) is 4.79 Å². The lowest BCUT2D eigenvalue weighted by molar-refractivity contribution is 0.103. The Hall–Kier alpha value is -1.60. The Morgan fingerprint density at radius 2 is 1.62 bits per heavy atom. The SMILES string of the molecule is CCC(C)(C)c1ccc(C(=O)c2ccc(Cl)c(C)c2)cc1. The van der Waals surface area contributed by atoms with Gasteiger partial charge in [0, 0.05) is 16.1 Å². The molecule has 1 nitrogen and oxygen atoms in total. The molecule has 2 aromatic carbocycles. The average Bonchev–Trinajstić information content (AvgIpc) is 2.49. The molecule has 2 rings (SSSR count). The molecule has 0 saturated carbocycles. The molecule has 0 aliphatic heterocycles. The quantitative estimate of drug-likeness (QED) is 0.675. The van der Waals surface area contributed by atoms with Crippen molar-refractivity contribution in [2.75, 3.05) is 0 Å². The number of ketones is 1. The number of hydrogen-bond donors (Lipinski definition) is 0. The Balaban J connectivity index is 2.30. The van der Waals surface area contributed by atoms with Gasteiger partial charge in [-0.1, -0.05) is 56.6 Å². The number of benzene rings is 2. The van der Waals surface area contributed by atoms with Gasteiger partial charge in [0.2, 0.25) is 0 Å². The number of hydrogen-bond acceptors (Lipinski definition) is 1. The largest absolute Gasteiger partial charge is 0.289 e. The van der Waals surface area contributed by atoms with Crippen LogP contribution in [-0.4, -0.2) is 5.78 Å². The summed E-state index contributed by atoms with van der Waals surface area (Å²) in [5.74, 6) is 0.0376. The van der Waals surface area contributed by atoms with Crippen LogP contribution >= 0.6 is 11.6 Å². The van der Waals surface area contributed by atoms with Gasteiger partial charge >= 0.3 is 0 Å². The Morgan fingerprint density at radius 1 is 1.05 bits per heavy atom.